The molecule has 0 radical (unpaired) electrons. The highest BCUT2D eigenvalue weighted by Gasteiger charge is 2.17. The average molecular weight is 308 g/mol. The van der Waals surface area contributed by atoms with Gasteiger partial charge in [0.15, 0.2) is 0 Å². The molecule has 2 rings (SSSR count). The predicted molar refractivity (Wildman–Crippen MR) is 80.7 cm³/mol. The second-order valence-electron chi connectivity index (χ2n) is 4.57. The number of nitrogens with one attached hydrogen (secondary N) is 2. The van der Waals surface area contributed by atoms with Gasteiger partial charge in [-0.3, -0.25) is 9.89 Å². The quantitative estimate of drug-likeness (QED) is 0.805. The molecule has 1 unspecified atom stereocenters. The normalized spacial score (nSPS) is 12.1. The van der Waals surface area contributed by atoms with E-state index in [4.69, 9.17) is 0 Å². The van der Waals surface area contributed by atoms with Crippen LogP contribution in [0.4, 0.5) is 10.1 Å². The molecule has 0 spiro atoms. The molecule has 0 aliphatic rings. The van der Waals surface area contributed by atoms with Crippen LogP contribution in [0, 0.1) is 5.82 Å². The summed E-state index contributed by atoms with van der Waals surface area (Å²) >= 11 is 1.28. The number of carbonyl (C=O) groups is 1. The van der Waals surface area contributed by atoms with E-state index in [-0.39, 0.29) is 17.0 Å². The molecule has 0 bridgehead atoms. The zero-order chi connectivity index (χ0) is 15.2. The standard InChI is InChI=1S/C14H17FN4OS/c1-3-4-12-17-14(19-18-12)21-9(2)13(20)16-11-7-5-10(15)6-8-11/h5-9H,3-4H2,1-2H3,(H,16,20)(H,17,18,19). The molecule has 1 aromatic carbocycles. The minimum atomic E-state index is -0.347. The fourth-order valence-electron chi connectivity index (χ4n) is 1.67. The van der Waals surface area contributed by atoms with E-state index in [1.165, 1.54) is 36.0 Å². The van der Waals surface area contributed by atoms with Gasteiger partial charge >= 0.3 is 0 Å². The van der Waals surface area contributed by atoms with Gasteiger partial charge in [0.25, 0.3) is 0 Å². The van der Waals surface area contributed by atoms with Crippen molar-refractivity contribution in [3.05, 3.63) is 35.9 Å². The van der Waals surface area contributed by atoms with Crippen LogP contribution in [0.25, 0.3) is 0 Å². The molecule has 0 fully saturated rings. The average Bonchev–Trinajstić information content (AvgIpc) is 2.89. The number of benzene rings is 1. The minimum Gasteiger partial charge on any atom is -0.325 e. The van der Waals surface area contributed by atoms with E-state index in [1.807, 2.05) is 0 Å². The van der Waals surface area contributed by atoms with Crippen molar-refractivity contribution in [1.82, 2.24) is 15.2 Å². The summed E-state index contributed by atoms with van der Waals surface area (Å²) in [5.41, 5.74) is 0.565. The SMILES string of the molecule is CCCc1nc(SC(C)C(=O)Nc2ccc(F)cc2)n[nH]1. The summed E-state index contributed by atoms with van der Waals surface area (Å²) < 4.78 is 12.8. The second kappa shape index (κ2) is 7.21. The van der Waals surface area contributed by atoms with Crippen molar-refractivity contribution in [3.63, 3.8) is 0 Å². The van der Waals surface area contributed by atoms with E-state index in [1.54, 1.807) is 6.92 Å². The molecule has 7 heteroatoms. The molecule has 2 N–H and O–H groups in total. The van der Waals surface area contributed by atoms with Crippen LogP contribution in [0.5, 0.6) is 0 Å². The largest absolute Gasteiger partial charge is 0.325 e. The number of hydrogen-bond acceptors (Lipinski definition) is 4. The second-order valence-corrected chi connectivity index (χ2v) is 5.88. The number of aromatic amines is 1. The molecule has 0 aliphatic heterocycles. The Morgan fingerprint density at radius 2 is 2.14 bits per heavy atom. The zero-order valence-electron chi connectivity index (χ0n) is 11.9. The molecule has 0 saturated heterocycles. The van der Waals surface area contributed by atoms with Crippen molar-refractivity contribution in [1.29, 1.82) is 0 Å². The van der Waals surface area contributed by atoms with E-state index in [0.717, 1.165) is 18.7 Å². The van der Waals surface area contributed by atoms with Crippen LogP contribution < -0.4 is 5.32 Å². The lowest BCUT2D eigenvalue weighted by atomic mass is 10.3. The van der Waals surface area contributed by atoms with E-state index in [0.29, 0.717) is 10.8 Å². The number of carbonyl (C=O) groups excluding carboxylic acids is 1. The number of rotatable bonds is 6. The Kier molecular flexibility index (Phi) is 5.32. The summed E-state index contributed by atoms with van der Waals surface area (Å²) in [6, 6.07) is 5.66. The Bertz CT molecular complexity index is 599. The van der Waals surface area contributed by atoms with Crippen LogP contribution in [0.2, 0.25) is 0 Å². The summed E-state index contributed by atoms with van der Waals surface area (Å²) in [6.07, 6.45) is 1.82. The summed E-state index contributed by atoms with van der Waals surface area (Å²) in [4.78, 5) is 16.4. The molecule has 1 heterocycles. The van der Waals surface area contributed by atoms with Crippen molar-refractivity contribution in [2.75, 3.05) is 5.32 Å². The first-order valence-corrected chi connectivity index (χ1v) is 7.61. The Hall–Kier alpha value is -1.89. The number of hydrogen-bond donors (Lipinski definition) is 2. The Morgan fingerprint density at radius 3 is 2.81 bits per heavy atom. The maximum absolute atomic E-state index is 12.8. The smallest absolute Gasteiger partial charge is 0.237 e. The lowest BCUT2D eigenvalue weighted by Crippen LogP contribution is -2.22. The molecule has 0 aliphatic carbocycles. The van der Waals surface area contributed by atoms with Gasteiger partial charge in [0, 0.05) is 12.1 Å². The Labute approximate surface area is 126 Å². The first-order chi connectivity index (χ1) is 10.1. The van der Waals surface area contributed by atoms with Crippen molar-refractivity contribution < 1.29 is 9.18 Å². The first kappa shape index (κ1) is 15.5. The molecule has 5 nitrogen and oxygen atoms in total. The van der Waals surface area contributed by atoms with Gasteiger partial charge < -0.3 is 5.32 Å². The lowest BCUT2D eigenvalue weighted by molar-refractivity contribution is -0.115. The van der Waals surface area contributed by atoms with Crippen LogP contribution in [-0.4, -0.2) is 26.3 Å². The number of H-pyrrole nitrogens is 1. The summed E-state index contributed by atoms with van der Waals surface area (Å²) in [5.74, 6) is 0.319. The van der Waals surface area contributed by atoms with Gasteiger partial charge in [0.05, 0.1) is 5.25 Å². The number of amides is 1. The van der Waals surface area contributed by atoms with Crippen molar-refractivity contribution >= 4 is 23.4 Å². The van der Waals surface area contributed by atoms with E-state index in [2.05, 4.69) is 27.4 Å². The van der Waals surface area contributed by atoms with Gasteiger partial charge in [-0.15, -0.1) is 5.10 Å². The molecular formula is C14H17FN4OS. The third kappa shape index (κ3) is 4.56. The monoisotopic (exact) mass is 308 g/mol. The molecule has 1 amide bonds. The number of halogens is 1. The third-order valence-corrected chi connectivity index (χ3v) is 3.72. The van der Waals surface area contributed by atoms with Gasteiger partial charge in [0.1, 0.15) is 11.6 Å². The highest BCUT2D eigenvalue weighted by molar-refractivity contribution is 8.00. The molecule has 112 valence electrons. The van der Waals surface area contributed by atoms with Gasteiger partial charge in [-0.05, 0) is 37.6 Å². The van der Waals surface area contributed by atoms with Crippen LogP contribution in [0.15, 0.2) is 29.4 Å². The van der Waals surface area contributed by atoms with Gasteiger partial charge in [-0.2, -0.15) is 0 Å². The summed E-state index contributed by atoms with van der Waals surface area (Å²) in [6.45, 7) is 3.84. The summed E-state index contributed by atoms with van der Waals surface area (Å²) in [7, 11) is 0. The van der Waals surface area contributed by atoms with Crippen LogP contribution in [-0.2, 0) is 11.2 Å². The number of aryl methyl sites for hydroxylation is 1. The molecular weight excluding hydrogens is 291 g/mol. The first-order valence-electron chi connectivity index (χ1n) is 6.73. The molecule has 1 aromatic heterocycles. The van der Waals surface area contributed by atoms with Crippen molar-refractivity contribution in [2.24, 2.45) is 0 Å². The van der Waals surface area contributed by atoms with E-state index < -0.39 is 0 Å². The topological polar surface area (TPSA) is 70.7 Å². The highest BCUT2D eigenvalue weighted by Crippen LogP contribution is 2.21. The Balaban J connectivity index is 1.90. The number of nitrogens with zero attached hydrogens (tertiary/aromatic N) is 2. The Morgan fingerprint density at radius 1 is 1.43 bits per heavy atom. The molecule has 21 heavy (non-hydrogen) atoms. The number of aromatic nitrogens is 3. The fourth-order valence-corrected chi connectivity index (χ4v) is 2.41. The highest BCUT2D eigenvalue weighted by atomic mass is 32.2. The van der Waals surface area contributed by atoms with Crippen LogP contribution in [0.3, 0.4) is 0 Å². The van der Waals surface area contributed by atoms with Gasteiger partial charge in [-0.25, -0.2) is 9.37 Å². The van der Waals surface area contributed by atoms with Gasteiger partial charge in [0.2, 0.25) is 11.1 Å². The molecule has 0 saturated carbocycles. The van der Waals surface area contributed by atoms with Crippen molar-refractivity contribution in [2.45, 2.75) is 37.1 Å². The molecule has 2 aromatic rings. The maximum Gasteiger partial charge on any atom is 0.237 e. The van der Waals surface area contributed by atoms with Gasteiger partial charge in [-0.1, -0.05) is 18.7 Å². The maximum atomic E-state index is 12.8. The third-order valence-electron chi connectivity index (χ3n) is 2.76. The van der Waals surface area contributed by atoms with E-state index >= 15 is 0 Å². The minimum absolute atomic E-state index is 0.173. The van der Waals surface area contributed by atoms with Crippen LogP contribution in [0.1, 0.15) is 26.1 Å². The van der Waals surface area contributed by atoms with Crippen LogP contribution >= 0.6 is 11.8 Å². The predicted octanol–water partition coefficient (Wildman–Crippen LogP) is 3.02. The van der Waals surface area contributed by atoms with E-state index in [9.17, 15) is 9.18 Å². The lowest BCUT2D eigenvalue weighted by Gasteiger charge is -2.09. The van der Waals surface area contributed by atoms with Crippen molar-refractivity contribution in [3.8, 4) is 0 Å². The number of anilines is 1. The number of thioether (sulfide) groups is 1. The fraction of sp³-hybridized carbons (Fsp3) is 0.357. The summed E-state index contributed by atoms with van der Waals surface area (Å²) in [5, 5.41) is 9.86. The zero-order valence-corrected chi connectivity index (χ0v) is 12.7. The molecule has 1 atom stereocenters.